The van der Waals surface area contributed by atoms with Crippen molar-refractivity contribution in [2.24, 2.45) is 5.41 Å². The third-order valence-electron chi connectivity index (χ3n) is 2.64. The Morgan fingerprint density at radius 2 is 1.69 bits per heavy atom. The molecule has 0 bridgehead atoms. The van der Waals surface area contributed by atoms with E-state index >= 15 is 0 Å². The Morgan fingerprint density at radius 3 is 1.88 bits per heavy atom. The smallest absolute Gasteiger partial charge is 0.659 e. The number of aliphatic hydroxyl groups is 2. The Morgan fingerprint density at radius 1 is 1.19 bits per heavy atom. The van der Waals surface area contributed by atoms with Gasteiger partial charge in [0, 0.05) is 13.2 Å². The molecule has 4 heteroatoms. The van der Waals surface area contributed by atoms with Crippen molar-refractivity contribution in [3.05, 3.63) is 5.32 Å². The van der Waals surface area contributed by atoms with E-state index in [-0.39, 0.29) is 82.9 Å². The van der Waals surface area contributed by atoms with Crippen molar-refractivity contribution >= 4 is 0 Å². The fraction of sp³-hybridized carbons (Fsp3) is 1.00. The van der Waals surface area contributed by atoms with Crippen LogP contribution in [0.25, 0.3) is 5.32 Å². The first kappa shape index (κ1) is 22.8. The summed E-state index contributed by atoms with van der Waals surface area (Å²) in [7, 11) is 0. The Hall–Kier alpha value is 1.69. The van der Waals surface area contributed by atoms with Gasteiger partial charge in [-0.05, 0) is 11.8 Å². The SMILES string of the molecule is CC.CC.CCC1[N-]CC1(CO)CCO.[Rb+]. The molecular formula is C12H28NO2Rb. The summed E-state index contributed by atoms with van der Waals surface area (Å²) >= 11 is 0. The molecule has 1 rings (SSSR count). The van der Waals surface area contributed by atoms with Gasteiger partial charge in [-0.25, -0.2) is 0 Å². The van der Waals surface area contributed by atoms with Gasteiger partial charge in [-0.2, -0.15) is 0 Å². The van der Waals surface area contributed by atoms with Crippen LogP contribution in [0.15, 0.2) is 0 Å². The molecule has 0 aromatic rings. The van der Waals surface area contributed by atoms with Gasteiger partial charge in [0.15, 0.2) is 0 Å². The molecular weight excluding hydrogens is 276 g/mol. The zero-order valence-electron chi connectivity index (χ0n) is 12.0. The van der Waals surface area contributed by atoms with Crippen LogP contribution in [-0.2, 0) is 0 Å². The molecule has 0 radical (unpaired) electrons. The molecule has 1 aliphatic rings. The summed E-state index contributed by atoms with van der Waals surface area (Å²) in [5.41, 5.74) is -0.0799. The molecule has 0 aromatic heterocycles. The molecule has 94 valence electrons. The van der Waals surface area contributed by atoms with Crippen molar-refractivity contribution < 1.29 is 68.4 Å². The summed E-state index contributed by atoms with van der Waals surface area (Å²) in [5.74, 6) is 0. The van der Waals surface area contributed by atoms with Crippen LogP contribution in [0.4, 0.5) is 0 Å². The quantitative estimate of drug-likeness (QED) is 0.740. The van der Waals surface area contributed by atoms with Crippen LogP contribution in [0.5, 0.6) is 0 Å². The molecule has 2 atom stereocenters. The van der Waals surface area contributed by atoms with Gasteiger partial charge in [0.1, 0.15) is 0 Å². The summed E-state index contributed by atoms with van der Waals surface area (Å²) in [6.45, 7) is 11.1. The largest absolute Gasteiger partial charge is 1.00 e. The fourth-order valence-corrected chi connectivity index (χ4v) is 1.74. The zero-order chi connectivity index (χ0) is 12.3. The summed E-state index contributed by atoms with van der Waals surface area (Å²) in [5, 5.41) is 22.1. The molecule has 2 N–H and O–H groups in total. The van der Waals surface area contributed by atoms with Gasteiger partial charge in [0.2, 0.25) is 0 Å². The molecule has 16 heavy (non-hydrogen) atoms. The Bertz CT molecular complexity index is 130. The van der Waals surface area contributed by atoms with Crippen molar-refractivity contribution in [2.45, 2.75) is 53.5 Å². The molecule has 1 aliphatic heterocycles. The minimum atomic E-state index is -0.0799. The third-order valence-corrected chi connectivity index (χ3v) is 2.64. The minimum absolute atomic E-state index is 0. The van der Waals surface area contributed by atoms with E-state index in [9.17, 15) is 0 Å². The molecule has 1 heterocycles. The van der Waals surface area contributed by atoms with Crippen LogP contribution < -0.4 is 58.2 Å². The first-order chi connectivity index (χ1) is 7.29. The van der Waals surface area contributed by atoms with E-state index in [0.717, 1.165) is 13.0 Å². The molecule has 0 aliphatic carbocycles. The average molecular weight is 304 g/mol. The zero-order valence-corrected chi connectivity index (χ0v) is 16.9. The Kier molecular flexibility index (Phi) is 21.0. The first-order valence-corrected chi connectivity index (χ1v) is 6.17. The maximum Gasteiger partial charge on any atom is 1.00 e. The van der Waals surface area contributed by atoms with Crippen LogP contribution >= 0.6 is 0 Å². The normalized spacial score (nSPS) is 26.1. The summed E-state index contributed by atoms with van der Waals surface area (Å²) < 4.78 is 0. The number of rotatable bonds is 4. The summed E-state index contributed by atoms with van der Waals surface area (Å²) in [6, 6.07) is 0.277. The predicted molar refractivity (Wildman–Crippen MR) is 66.2 cm³/mol. The van der Waals surface area contributed by atoms with Gasteiger partial charge in [0.05, 0.1) is 0 Å². The molecule has 1 fully saturated rings. The van der Waals surface area contributed by atoms with Gasteiger partial charge >= 0.3 is 58.2 Å². The van der Waals surface area contributed by atoms with Gasteiger partial charge in [0.25, 0.3) is 0 Å². The molecule has 2 unspecified atom stereocenters. The van der Waals surface area contributed by atoms with Crippen LogP contribution in [0.1, 0.15) is 47.5 Å². The van der Waals surface area contributed by atoms with Crippen LogP contribution in [0.3, 0.4) is 0 Å². The second-order valence-electron chi connectivity index (χ2n) is 3.26. The molecule has 0 spiro atoms. The number of hydrogen-bond donors (Lipinski definition) is 2. The molecule has 0 amide bonds. The number of hydrogen-bond acceptors (Lipinski definition) is 2. The van der Waals surface area contributed by atoms with E-state index in [1.54, 1.807) is 0 Å². The molecule has 3 nitrogen and oxygen atoms in total. The van der Waals surface area contributed by atoms with E-state index in [0.29, 0.717) is 6.42 Å². The second-order valence-corrected chi connectivity index (χ2v) is 3.26. The maximum atomic E-state index is 9.10. The van der Waals surface area contributed by atoms with E-state index in [2.05, 4.69) is 12.2 Å². The third kappa shape index (κ3) is 6.57. The monoisotopic (exact) mass is 303 g/mol. The molecule has 0 aromatic carbocycles. The summed E-state index contributed by atoms with van der Waals surface area (Å²) in [4.78, 5) is 0. The van der Waals surface area contributed by atoms with E-state index in [4.69, 9.17) is 10.2 Å². The topological polar surface area (TPSA) is 54.6 Å². The van der Waals surface area contributed by atoms with Gasteiger partial charge in [-0.1, -0.05) is 41.0 Å². The van der Waals surface area contributed by atoms with E-state index in [1.165, 1.54) is 0 Å². The van der Waals surface area contributed by atoms with Gasteiger partial charge in [-0.3, -0.25) is 0 Å². The standard InChI is InChI=1S/C8H16NO2.2C2H6.Rb/c1-2-7-8(6-11,3-4-10)5-9-7;2*1-2;/h7,10-11H,2-6H2,1H3;2*1-2H3;/q-1;;;+1. The van der Waals surface area contributed by atoms with Crippen molar-refractivity contribution in [3.63, 3.8) is 0 Å². The Labute approximate surface area is 150 Å². The van der Waals surface area contributed by atoms with Crippen molar-refractivity contribution in [1.29, 1.82) is 0 Å². The van der Waals surface area contributed by atoms with Crippen LogP contribution in [-0.4, -0.2) is 36.0 Å². The van der Waals surface area contributed by atoms with Crippen molar-refractivity contribution in [1.82, 2.24) is 0 Å². The summed E-state index contributed by atoms with van der Waals surface area (Å²) in [6.07, 6.45) is 1.66. The number of aliphatic hydroxyl groups excluding tert-OH is 2. The van der Waals surface area contributed by atoms with Gasteiger partial charge in [-0.15, -0.1) is 12.6 Å². The number of nitrogens with zero attached hydrogens (tertiary/aromatic N) is 1. The van der Waals surface area contributed by atoms with Crippen LogP contribution in [0, 0.1) is 5.41 Å². The average Bonchev–Trinajstić information content (AvgIpc) is 2.30. The van der Waals surface area contributed by atoms with Gasteiger partial charge < -0.3 is 15.5 Å². The minimum Gasteiger partial charge on any atom is -0.659 e. The molecule has 0 saturated carbocycles. The van der Waals surface area contributed by atoms with Crippen molar-refractivity contribution in [2.75, 3.05) is 19.8 Å². The van der Waals surface area contributed by atoms with E-state index < -0.39 is 0 Å². The predicted octanol–water partition coefficient (Wildman–Crippen LogP) is -0.430. The second kappa shape index (κ2) is 14.7. The first-order valence-electron chi connectivity index (χ1n) is 6.17. The fourth-order valence-electron chi connectivity index (χ4n) is 1.74. The van der Waals surface area contributed by atoms with Crippen LogP contribution in [0.2, 0.25) is 0 Å². The van der Waals surface area contributed by atoms with E-state index in [1.807, 2.05) is 27.7 Å². The maximum absolute atomic E-state index is 9.10. The molecule has 1 saturated heterocycles. The van der Waals surface area contributed by atoms with Crippen molar-refractivity contribution in [3.8, 4) is 0 Å². The Balaban J connectivity index is -0.000000305.